The number of carbonyl (C=O) groups excluding carboxylic acids is 1. The zero-order valence-electron chi connectivity index (χ0n) is 21.4. The van der Waals surface area contributed by atoms with Crippen LogP contribution in [0.3, 0.4) is 0 Å². The molecular weight excluding hydrogens is 505 g/mol. The van der Waals surface area contributed by atoms with Crippen LogP contribution in [0, 0.1) is 12.7 Å². The third-order valence-electron chi connectivity index (χ3n) is 6.74. The first kappa shape index (κ1) is 25.7. The lowest BCUT2D eigenvalue weighted by molar-refractivity contribution is 0.0731. The minimum atomic E-state index is -3.75. The molecule has 1 amide bonds. The van der Waals surface area contributed by atoms with Crippen molar-refractivity contribution in [2.45, 2.75) is 31.7 Å². The van der Waals surface area contributed by atoms with Crippen LogP contribution >= 0.6 is 0 Å². The summed E-state index contributed by atoms with van der Waals surface area (Å²) in [5, 5.41) is 7.26. The number of aryl methyl sites for hydroxylation is 1. The van der Waals surface area contributed by atoms with E-state index in [0.717, 1.165) is 39.9 Å². The number of aromatic amines is 1. The summed E-state index contributed by atoms with van der Waals surface area (Å²) >= 11 is 0. The smallest absolute Gasteiger partial charge is 0.254 e. The summed E-state index contributed by atoms with van der Waals surface area (Å²) in [7, 11) is -3.75. The van der Waals surface area contributed by atoms with Crippen LogP contribution in [0.2, 0.25) is 0 Å². The molecule has 0 radical (unpaired) electrons. The Morgan fingerprint density at radius 1 is 1.05 bits per heavy atom. The number of nitrogens with one attached hydrogen (secondary N) is 1. The predicted molar refractivity (Wildman–Crippen MR) is 143 cm³/mol. The van der Waals surface area contributed by atoms with Crippen LogP contribution in [-0.4, -0.2) is 48.8 Å². The zero-order chi connectivity index (χ0) is 27.0. The highest BCUT2D eigenvalue weighted by Gasteiger charge is 2.27. The van der Waals surface area contributed by atoms with Crippen molar-refractivity contribution in [2.24, 2.45) is 0 Å². The van der Waals surface area contributed by atoms with Gasteiger partial charge < -0.3 is 9.64 Å². The van der Waals surface area contributed by atoms with Crippen molar-refractivity contribution < 1.29 is 22.3 Å². The van der Waals surface area contributed by atoms with E-state index in [2.05, 4.69) is 10.2 Å². The van der Waals surface area contributed by atoms with Gasteiger partial charge >= 0.3 is 0 Å². The number of ether oxygens (including phenoxy) is 1. The molecule has 9 heteroatoms. The van der Waals surface area contributed by atoms with Crippen LogP contribution in [0.25, 0.3) is 22.4 Å². The fourth-order valence-electron chi connectivity index (χ4n) is 4.75. The Kier molecular flexibility index (Phi) is 6.79. The number of hydrogen-bond donors (Lipinski definition) is 1. The van der Waals surface area contributed by atoms with Gasteiger partial charge in [-0.1, -0.05) is 37.3 Å². The van der Waals surface area contributed by atoms with E-state index in [0.29, 0.717) is 18.9 Å². The van der Waals surface area contributed by atoms with Crippen molar-refractivity contribution in [1.82, 2.24) is 15.1 Å². The summed E-state index contributed by atoms with van der Waals surface area (Å²) in [5.74, 6) is -0.522. The van der Waals surface area contributed by atoms with E-state index in [1.54, 1.807) is 11.8 Å². The van der Waals surface area contributed by atoms with Crippen LogP contribution in [0.1, 0.15) is 34.1 Å². The van der Waals surface area contributed by atoms with E-state index in [4.69, 9.17) is 4.74 Å². The maximum Gasteiger partial charge on any atom is 0.254 e. The number of H-pyrrole nitrogens is 1. The lowest BCUT2D eigenvalue weighted by atomic mass is 9.99. The van der Waals surface area contributed by atoms with Crippen molar-refractivity contribution >= 4 is 15.7 Å². The summed E-state index contributed by atoms with van der Waals surface area (Å²) in [6, 6.07) is 18.6. The molecule has 0 saturated heterocycles. The van der Waals surface area contributed by atoms with Gasteiger partial charge in [0, 0.05) is 40.7 Å². The number of sulfone groups is 1. The Bertz CT molecular complexity index is 1630. The number of rotatable bonds is 5. The highest BCUT2D eigenvalue weighted by molar-refractivity contribution is 7.90. The topological polar surface area (TPSA) is 92.4 Å². The SMILES string of the molecule is CCc1c(C(=O)N2CCOc3ccc(-c4ccc(-c5cc(C)[nH]n5)cc4)cc3C2)ccc(S(C)(=O)=O)c1F. The Morgan fingerprint density at radius 3 is 2.42 bits per heavy atom. The number of hydrogen-bond acceptors (Lipinski definition) is 5. The van der Waals surface area contributed by atoms with Gasteiger partial charge in [0.25, 0.3) is 5.91 Å². The quantitative estimate of drug-likeness (QED) is 0.381. The van der Waals surface area contributed by atoms with E-state index >= 15 is 4.39 Å². The Balaban J connectivity index is 1.43. The fourth-order valence-corrected chi connectivity index (χ4v) is 5.51. The van der Waals surface area contributed by atoms with Crippen LogP contribution in [0.5, 0.6) is 5.75 Å². The van der Waals surface area contributed by atoms with Gasteiger partial charge in [0.05, 0.1) is 12.2 Å². The van der Waals surface area contributed by atoms with Gasteiger partial charge in [0.15, 0.2) is 9.84 Å². The van der Waals surface area contributed by atoms with Gasteiger partial charge in [-0.3, -0.25) is 9.89 Å². The first-order chi connectivity index (χ1) is 18.2. The molecule has 2 heterocycles. The molecule has 1 aliphatic rings. The largest absolute Gasteiger partial charge is 0.491 e. The van der Waals surface area contributed by atoms with Gasteiger partial charge in [0.2, 0.25) is 0 Å². The zero-order valence-corrected chi connectivity index (χ0v) is 22.2. The lowest BCUT2D eigenvalue weighted by Gasteiger charge is -2.22. The van der Waals surface area contributed by atoms with Crippen molar-refractivity contribution in [1.29, 1.82) is 0 Å². The Labute approximate surface area is 221 Å². The number of amides is 1. The average molecular weight is 534 g/mol. The van der Waals surface area contributed by atoms with E-state index in [1.807, 2.05) is 55.5 Å². The molecule has 0 unspecified atom stereocenters. The van der Waals surface area contributed by atoms with Crippen LogP contribution in [0.4, 0.5) is 4.39 Å². The minimum Gasteiger partial charge on any atom is -0.491 e. The van der Waals surface area contributed by atoms with Gasteiger partial charge in [0.1, 0.15) is 23.1 Å². The Morgan fingerprint density at radius 2 is 1.76 bits per heavy atom. The molecule has 196 valence electrons. The highest BCUT2D eigenvalue weighted by Crippen LogP contribution is 2.32. The van der Waals surface area contributed by atoms with Gasteiger partial charge in [-0.25, -0.2) is 12.8 Å². The van der Waals surface area contributed by atoms with Crippen molar-refractivity contribution in [2.75, 3.05) is 19.4 Å². The monoisotopic (exact) mass is 533 g/mol. The first-order valence-electron chi connectivity index (χ1n) is 12.3. The summed E-state index contributed by atoms with van der Waals surface area (Å²) in [6.45, 7) is 4.56. The number of halogens is 1. The van der Waals surface area contributed by atoms with Gasteiger partial charge in [-0.2, -0.15) is 5.10 Å². The molecule has 0 fully saturated rings. The van der Waals surface area contributed by atoms with E-state index < -0.39 is 20.5 Å². The van der Waals surface area contributed by atoms with Gasteiger partial charge in [-0.15, -0.1) is 0 Å². The maximum absolute atomic E-state index is 15.1. The summed E-state index contributed by atoms with van der Waals surface area (Å²) in [5.41, 5.74) is 5.98. The first-order valence-corrected chi connectivity index (χ1v) is 14.2. The predicted octanol–water partition coefficient (Wildman–Crippen LogP) is 5.19. The molecule has 1 N–H and O–H groups in total. The molecule has 1 aromatic heterocycles. The summed E-state index contributed by atoms with van der Waals surface area (Å²) < 4.78 is 44.9. The molecule has 1 aliphatic heterocycles. The maximum atomic E-state index is 15.1. The number of benzene rings is 3. The van der Waals surface area contributed by atoms with Crippen molar-refractivity contribution in [3.05, 3.63) is 88.9 Å². The standard InChI is InChI=1S/C29H28FN3O4S/c1-4-23-24(10-12-27(28(23)30)38(3,35)36)29(34)33-13-14-37-26-11-9-21(16-22(26)17-33)19-5-7-20(8-6-19)25-15-18(2)31-32-25/h5-12,15-16H,4,13-14,17H2,1-3H3,(H,31,32). The van der Waals surface area contributed by atoms with Crippen molar-refractivity contribution in [3.8, 4) is 28.1 Å². The summed E-state index contributed by atoms with van der Waals surface area (Å²) in [6.07, 6.45) is 1.15. The number of aromatic nitrogens is 2. The second kappa shape index (κ2) is 10.1. The Hall–Kier alpha value is -3.98. The van der Waals surface area contributed by atoms with Gasteiger partial charge in [-0.05, 0) is 54.8 Å². The highest BCUT2D eigenvalue weighted by atomic mass is 32.2. The van der Waals surface area contributed by atoms with Crippen LogP contribution < -0.4 is 4.74 Å². The minimum absolute atomic E-state index is 0.101. The number of carbonyl (C=O) groups is 1. The molecular formula is C29H28FN3O4S. The fraction of sp³-hybridized carbons (Fsp3) is 0.241. The molecule has 0 atom stereocenters. The lowest BCUT2D eigenvalue weighted by Crippen LogP contribution is -2.33. The summed E-state index contributed by atoms with van der Waals surface area (Å²) in [4.78, 5) is 14.8. The van der Waals surface area contributed by atoms with E-state index in [-0.39, 0.29) is 30.0 Å². The van der Waals surface area contributed by atoms with E-state index in [1.165, 1.54) is 12.1 Å². The van der Waals surface area contributed by atoms with Crippen LogP contribution in [-0.2, 0) is 22.8 Å². The molecule has 7 nitrogen and oxygen atoms in total. The second-order valence-electron chi connectivity index (χ2n) is 9.44. The van der Waals surface area contributed by atoms with Crippen LogP contribution in [0.15, 0.2) is 65.6 Å². The van der Waals surface area contributed by atoms with Crippen molar-refractivity contribution in [3.63, 3.8) is 0 Å². The molecule has 0 aliphatic carbocycles. The second-order valence-corrected chi connectivity index (χ2v) is 11.4. The molecule has 3 aromatic carbocycles. The number of fused-ring (bicyclic) bond motifs is 1. The average Bonchev–Trinajstić information content (AvgIpc) is 3.21. The molecule has 0 bridgehead atoms. The third-order valence-corrected chi connectivity index (χ3v) is 7.85. The number of nitrogens with zero attached hydrogens (tertiary/aromatic N) is 2. The molecule has 38 heavy (non-hydrogen) atoms. The molecule has 0 saturated carbocycles. The van der Waals surface area contributed by atoms with E-state index in [9.17, 15) is 13.2 Å². The normalized spacial score (nSPS) is 13.5. The third kappa shape index (κ3) is 4.93. The molecule has 4 aromatic rings. The molecule has 5 rings (SSSR count). The molecule has 0 spiro atoms.